The Morgan fingerprint density at radius 2 is 2.33 bits per heavy atom. The normalized spacial score (nSPS) is 10.7. The highest BCUT2D eigenvalue weighted by Crippen LogP contribution is 2.02. The van der Waals surface area contributed by atoms with Gasteiger partial charge in [-0.15, -0.1) is 11.6 Å². The zero-order valence-electron chi connectivity index (χ0n) is 8.70. The second kappa shape index (κ2) is 5.70. The summed E-state index contributed by atoms with van der Waals surface area (Å²) in [6.07, 6.45) is 0.0209. The highest BCUT2D eigenvalue weighted by molar-refractivity contribution is 6.16. The van der Waals surface area contributed by atoms with Crippen LogP contribution in [-0.4, -0.2) is 22.7 Å². The fraction of sp³-hybridized carbons (Fsp3) is 0.667. The van der Waals surface area contributed by atoms with E-state index in [1.807, 2.05) is 13.8 Å². The van der Waals surface area contributed by atoms with Crippen LogP contribution in [0.4, 0.5) is 0 Å². The predicted octanol–water partition coefficient (Wildman–Crippen LogP) is 1.55. The van der Waals surface area contributed by atoms with E-state index in [1.165, 1.54) is 0 Å². The molecule has 5 nitrogen and oxygen atoms in total. The monoisotopic (exact) mass is 232 g/mol. The van der Waals surface area contributed by atoms with Crippen molar-refractivity contribution >= 4 is 17.6 Å². The number of rotatable bonds is 5. The van der Waals surface area contributed by atoms with Gasteiger partial charge < -0.3 is 9.26 Å². The van der Waals surface area contributed by atoms with Gasteiger partial charge in [0.1, 0.15) is 12.3 Å². The minimum Gasteiger partial charge on any atom is -0.465 e. The van der Waals surface area contributed by atoms with Crippen LogP contribution in [0.2, 0.25) is 0 Å². The van der Waals surface area contributed by atoms with E-state index in [0.29, 0.717) is 24.2 Å². The molecule has 0 N–H and O–H groups in total. The summed E-state index contributed by atoms with van der Waals surface area (Å²) in [4.78, 5) is 15.1. The van der Waals surface area contributed by atoms with Crippen molar-refractivity contribution in [3.05, 3.63) is 11.7 Å². The van der Waals surface area contributed by atoms with Gasteiger partial charge in [0.2, 0.25) is 5.89 Å². The first-order chi connectivity index (χ1) is 7.11. The maximum atomic E-state index is 11.2. The molecule has 84 valence electrons. The maximum Gasteiger partial charge on any atom is 0.313 e. The summed E-state index contributed by atoms with van der Waals surface area (Å²) >= 11 is 5.47. The van der Waals surface area contributed by atoms with E-state index in [0.717, 1.165) is 0 Å². The molecule has 0 fully saturated rings. The average Bonchev–Trinajstić information content (AvgIpc) is 2.62. The topological polar surface area (TPSA) is 65.2 Å². The van der Waals surface area contributed by atoms with Gasteiger partial charge in [0, 0.05) is 0 Å². The van der Waals surface area contributed by atoms with Crippen molar-refractivity contribution in [2.45, 2.75) is 26.1 Å². The molecule has 0 atom stereocenters. The summed E-state index contributed by atoms with van der Waals surface area (Å²) in [6.45, 7) is 4.33. The van der Waals surface area contributed by atoms with Gasteiger partial charge in [0.25, 0.3) is 0 Å². The molecule has 0 aromatic carbocycles. The third-order valence-corrected chi connectivity index (χ3v) is 1.73. The van der Waals surface area contributed by atoms with Crippen LogP contribution < -0.4 is 0 Å². The lowest BCUT2D eigenvalue weighted by Gasteiger charge is -2.04. The molecule has 15 heavy (non-hydrogen) atoms. The van der Waals surface area contributed by atoms with Gasteiger partial charge in [0.15, 0.2) is 5.82 Å². The molecule has 0 spiro atoms. The number of halogens is 1. The molecule has 0 amide bonds. The largest absolute Gasteiger partial charge is 0.465 e. The van der Waals surface area contributed by atoms with E-state index in [9.17, 15) is 4.79 Å². The molecule has 1 rings (SSSR count). The molecule has 0 saturated heterocycles. The van der Waals surface area contributed by atoms with E-state index in [-0.39, 0.29) is 18.3 Å². The van der Waals surface area contributed by atoms with E-state index >= 15 is 0 Å². The number of hydrogen-bond donors (Lipinski definition) is 0. The summed E-state index contributed by atoms with van der Waals surface area (Å²) in [6, 6.07) is 0. The van der Waals surface area contributed by atoms with Crippen molar-refractivity contribution < 1.29 is 14.1 Å². The number of esters is 1. The molecule has 6 heteroatoms. The van der Waals surface area contributed by atoms with Crippen LogP contribution in [0.3, 0.4) is 0 Å². The van der Waals surface area contributed by atoms with Crippen LogP contribution in [0, 0.1) is 5.92 Å². The van der Waals surface area contributed by atoms with Crippen molar-refractivity contribution in [2.75, 3.05) is 6.61 Å². The lowest BCUT2D eigenvalue weighted by Crippen LogP contribution is -2.12. The second-order valence-electron chi connectivity index (χ2n) is 3.49. The molecule has 1 aromatic heterocycles. The highest BCUT2D eigenvalue weighted by atomic mass is 35.5. The van der Waals surface area contributed by atoms with Crippen LogP contribution >= 0.6 is 11.6 Å². The molecule has 0 aliphatic carbocycles. The van der Waals surface area contributed by atoms with Gasteiger partial charge >= 0.3 is 5.97 Å². The van der Waals surface area contributed by atoms with Crippen molar-refractivity contribution in [1.29, 1.82) is 0 Å². The van der Waals surface area contributed by atoms with Crippen LogP contribution in [-0.2, 0) is 21.8 Å². The van der Waals surface area contributed by atoms with Crippen LogP contribution in [0.15, 0.2) is 4.52 Å². The molecule has 0 saturated carbocycles. The van der Waals surface area contributed by atoms with Gasteiger partial charge in [-0.3, -0.25) is 4.79 Å². The summed E-state index contributed by atoms with van der Waals surface area (Å²) in [5, 5.41) is 3.58. The van der Waals surface area contributed by atoms with Gasteiger partial charge in [-0.25, -0.2) is 0 Å². The van der Waals surface area contributed by atoms with Crippen LogP contribution in [0.25, 0.3) is 0 Å². The minimum absolute atomic E-state index is 0.0209. The van der Waals surface area contributed by atoms with Crippen molar-refractivity contribution in [3.63, 3.8) is 0 Å². The first kappa shape index (κ1) is 12.0. The number of hydrogen-bond acceptors (Lipinski definition) is 5. The zero-order valence-corrected chi connectivity index (χ0v) is 9.45. The number of ether oxygens (including phenoxy) is 1. The Hall–Kier alpha value is -1.10. The second-order valence-corrected chi connectivity index (χ2v) is 3.76. The molecule has 0 aliphatic heterocycles. The minimum atomic E-state index is -0.356. The van der Waals surface area contributed by atoms with Gasteiger partial charge in [-0.05, 0) is 5.92 Å². The first-order valence-electron chi connectivity index (χ1n) is 4.65. The van der Waals surface area contributed by atoms with E-state index < -0.39 is 0 Å². The lowest BCUT2D eigenvalue weighted by atomic mass is 10.2. The Kier molecular flexibility index (Phi) is 4.55. The molecule has 1 heterocycles. The third kappa shape index (κ3) is 4.29. The number of nitrogens with zero attached hydrogens (tertiary/aromatic N) is 2. The van der Waals surface area contributed by atoms with Crippen LogP contribution in [0.1, 0.15) is 25.6 Å². The fourth-order valence-electron chi connectivity index (χ4n) is 0.856. The summed E-state index contributed by atoms with van der Waals surface area (Å²) in [7, 11) is 0. The third-order valence-electron chi connectivity index (χ3n) is 1.50. The van der Waals surface area contributed by atoms with E-state index in [1.54, 1.807) is 0 Å². The Morgan fingerprint density at radius 3 is 2.87 bits per heavy atom. The summed E-state index contributed by atoms with van der Waals surface area (Å²) < 4.78 is 9.70. The fourth-order valence-corrected chi connectivity index (χ4v) is 0.965. The van der Waals surface area contributed by atoms with Gasteiger partial charge in [-0.2, -0.15) is 4.98 Å². The van der Waals surface area contributed by atoms with Gasteiger partial charge in [0.05, 0.1) is 6.61 Å². The summed E-state index contributed by atoms with van der Waals surface area (Å²) in [5.41, 5.74) is 0. The average molecular weight is 233 g/mol. The van der Waals surface area contributed by atoms with Gasteiger partial charge in [-0.1, -0.05) is 19.0 Å². The standard InChI is InChI=1S/C9H13ClN2O3/c1-6(2)5-14-9(13)3-7-11-8(4-10)15-12-7/h6H,3-5H2,1-2H3. The molecule has 0 radical (unpaired) electrons. The van der Waals surface area contributed by atoms with Crippen molar-refractivity contribution in [2.24, 2.45) is 5.92 Å². The molecule has 0 bridgehead atoms. The van der Waals surface area contributed by atoms with Crippen molar-refractivity contribution in [1.82, 2.24) is 10.1 Å². The Morgan fingerprint density at radius 1 is 1.60 bits per heavy atom. The maximum absolute atomic E-state index is 11.2. The Bertz CT molecular complexity index is 325. The molecule has 0 unspecified atom stereocenters. The smallest absolute Gasteiger partial charge is 0.313 e. The molecular formula is C9H13ClN2O3. The quantitative estimate of drug-likeness (QED) is 0.569. The molecular weight excluding hydrogens is 220 g/mol. The number of alkyl halides is 1. The molecule has 1 aromatic rings. The summed E-state index contributed by atoms with van der Waals surface area (Å²) in [5.74, 6) is 0.722. The van der Waals surface area contributed by atoms with Crippen LogP contribution in [0.5, 0.6) is 0 Å². The SMILES string of the molecule is CC(C)COC(=O)Cc1noc(CCl)n1. The number of aromatic nitrogens is 2. The Labute approximate surface area is 92.7 Å². The first-order valence-corrected chi connectivity index (χ1v) is 5.18. The predicted molar refractivity (Wildman–Crippen MR) is 53.4 cm³/mol. The van der Waals surface area contributed by atoms with E-state index in [2.05, 4.69) is 10.1 Å². The highest BCUT2D eigenvalue weighted by Gasteiger charge is 2.11. The lowest BCUT2D eigenvalue weighted by molar-refractivity contribution is -0.144. The van der Waals surface area contributed by atoms with E-state index in [4.69, 9.17) is 20.9 Å². The molecule has 0 aliphatic rings. The number of carbonyl (C=O) groups is 1. The number of carbonyl (C=O) groups excluding carboxylic acids is 1. The Balaban J connectivity index is 2.37. The van der Waals surface area contributed by atoms with Crippen molar-refractivity contribution in [3.8, 4) is 0 Å². The zero-order chi connectivity index (χ0) is 11.3.